The number of esters is 1. The van der Waals surface area contributed by atoms with E-state index in [2.05, 4.69) is 13.8 Å². The monoisotopic (exact) mass is 270 g/mol. The number of carbonyl (C=O) groups excluding carboxylic acids is 1. The van der Waals surface area contributed by atoms with E-state index in [-0.39, 0.29) is 11.6 Å². The zero-order valence-electron chi connectivity index (χ0n) is 12.0. The predicted molar refractivity (Wildman–Crippen MR) is 78.3 cm³/mol. The first-order valence-electron chi connectivity index (χ1n) is 6.88. The maximum atomic E-state index is 11.3. The molecule has 1 heterocycles. The second-order valence-electron chi connectivity index (χ2n) is 5.86. The van der Waals surface area contributed by atoms with Crippen molar-refractivity contribution in [2.75, 3.05) is 0 Å². The second-order valence-corrected chi connectivity index (χ2v) is 5.86. The molecular weight excluding hydrogens is 252 g/mol. The van der Waals surface area contributed by atoms with Crippen LogP contribution < -0.4 is 9.47 Å². The van der Waals surface area contributed by atoms with Crippen LogP contribution in [0.1, 0.15) is 32.8 Å². The summed E-state index contributed by atoms with van der Waals surface area (Å²) in [7, 11) is 0. The lowest BCUT2D eigenvalue weighted by molar-refractivity contribution is -0.131. The molecular formula is C17H18O3. The third-order valence-electron chi connectivity index (χ3n) is 3.67. The summed E-state index contributed by atoms with van der Waals surface area (Å²) < 4.78 is 11.5. The van der Waals surface area contributed by atoms with Crippen molar-refractivity contribution >= 4 is 16.7 Å². The molecule has 104 valence electrons. The molecule has 3 heteroatoms. The summed E-state index contributed by atoms with van der Waals surface area (Å²) in [5.74, 6) is 1.18. The van der Waals surface area contributed by atoms with E-state index in [1.165, 1.54) is 6.92 Å². The molecule has 0 saturated carbocycles. The molecule has 0 unspecified atom stereocenters. The number of carbonyl (C=O) groups is 1. The normalized spacial score (nSPS) is 16.4. The average molecular weight is 270 g/mol. The molecule has 0 amide bonds. The van der Waals surface area contributed by atoms with Gasteiger partial charge in [0, 0.05) is 17.9 Å². The van der Waals surface area contributed by atoms with Crippen LogP contribution in [0.15, 0.2) is 30.3 Å². The highest BCUT2D eigenvalue weighted by Gasteiger charge is 2.30. The van der Waals surface area contributed by atoms with E-state index < -0.39 is 0 Å². The zero-order chi connectivity index (χ0) is 14.3. The quantitative estimate of drug-likeness (QED) is 0.583. The summed E-state index contributed by atoms with van der Waals surface area (Å²) in [6, 6.07) is 9.96. The Labute approximate surface area is 118 Å². The van der Waals surface area contributed by atoms with Crippen LogP contribution in [0.3, 0.4) is 0 Å². The third kappa shape index (κ3) is 2.24. The van der Waals surface area contributed by atoms with E-state index >= 15 is 0 Å². The van der Waals surface area contributed by atoms with Gasteiger partial charge in [-0.3, -0.25) is 4.79 Å². The van der Waals surface area contributed by atoms with Crippen molar-refractivity contribution in [3.63, 3.8) is 0 Å². The zero-order valence-corrected chi connectivity index (χ0v) is 12.0. The van der Waals surface area contributed by atoms with E-state index in [0.29, 0.717) is 5.75 Å². The molecule has 0 fully saturated rings. The molecule has 3 nitrogen and oxygen atoms in total. The van der Waals surface area contributed by atoms with Crippen LogP contribution in [0.25, 0.3) is 10.8 Å². The van der Waals surface area contributed by atoms with Gasteiger partial charge in [-0.25, -0.2) is 0 Å². The minimum absolute atomic E-state index is 0.190. The van der Waals surface area contributed by atoms with Gasteiger partial charge in [0.05, 0.1) is 0 Å². The summed E-state index contributed by atoms with van der Waals surface area (Å²) in [6.45, 7) is 5.60. The lowest BCUT2D eigenvalue weighted by Gasteiger charge is -2.34. The van der Waals surface area contributed by atoms with Crippen LogP contribution in [0.2, 0.25) is 0 Å². The number of fused-ring (bicyclic) bond motifs is 3. The van der Waals surface area contributed by atoms with Crippen molar-refractivity contribution in [2.45, 2.75) is 39.2 Å². The van der Waals surface area contributed by atoms with Crippen LogP contribution in [0, 0.1) is 0 Å². The number of benzene rings is 2. The van der Waals surface area contributed by atoms with E-state index in [0.717, 1.165) is 34.9 Å². The van der Waals surface area contributed by atoms with E-state index in [9.17, 15) is 4.79 Å². The van der Waals surface area contributed by atoms with Crippen molar-refractivity contribution in [1.29, 1.82) is 0 Å². The Bertz CT molecular complexity index is 686. The van der Waals surface area contributed by atoms with E-state index in [4.69, 9.17) is 9.47 Å². The van der Waals surface area contributed by atoms with Crippen molar-refractivity contribution in [3.05, 3.63) is 35.9 Å². The maximum absolute atomic E-state index is 11.3. The Morgan fingerprint density at radius 3 is 2.80 bits per heavy atom. The number of hydrogen-bond donors (Lipinski definition) is 0. The molecule has 0 atom stereocenters. The Balaban J connectivity index is 2.25. The van der Waals surface area contributed by atoms with Gasteiger partial charge in [0.25, 0.3) is 0 Å². The Kier molecular flexibility index (Phi) is 2.93. The molecule has 3 rings (SSSR count). The Morgan fingerprint density at radius 2 is 2.05 bits per heavy atom. The summed E-state index contributed by atoms with van der Waals surface area (Å²) in [5.41, 5.74) is 0.808. The van der Waals surface area contributed by atoms with Gasteiger partial charge in [-0.2, -0.15) is 0 Å². The molecule has 20 heavy (non-hydrogen) atoms. The first-order valence-corrected chi connectivity index (χ1v) is 6.88. The summed E-state index contributed by atoms with van der Waals surface area (Å²) in [6.07, 6.45) is 1.77. The fourth-order valence-electron chi connectivity index (χ4n) is 2.69. The maximum Gasteiger partial charge on any atom is 0.308 e. The van der Waals surface area contributed by atoms with Crippen molar-refractivity contribution < 1.29 is 14.3 Å². The molecule has 0 radical (unpaired) electrons. The largest absolute Gasteiger partial charge is 0.487 e. The van der Waals surface area contributed by atoms with E-state index in [1.807, 2.05) is 30.3 Å². The first-order chi connectivity index (χ1) is 9.46. The van der Waals surface area contributed by atoms with Crippen LogP contribution in [-0.4, -0.2) is 11.6 Å². The predicted octanol–water partition coefficient (Wildman–Crippen LogP) is 3.87. The van der Waals surface area contributed by atoms with Crippen LogP contribution in [-0.2, 0) is 11.2 Å². The molecule has 0 spiro atoms. The fraction of sp³-hybridized carbons (Fsp3) is 0.353. The topological polar surface area (TPSA) is 35.5 Å². The van der Waals surface area contributed by atoms with Gasteiger partial charge in [0.1, 0.15) is 17.1 Å². The molecule has 1 aliphatic heterocycles. The SMILES string of the molecule is CC(=O)Oc1cc2ccccc2c2c1CCC(C)(C)O2. The molecule has 0 aliphatic carbocycles. The van der Waals surface area contributed by atoms with Crippen LogP contribution in [0.4, 0.5) is 0 Å². The standard InChI is InChI=1S/C17H18O3/c1-11(18)19-15-10-12-6-4-5-7-13(12)16-14(15)8-9-17(2,3)20-16/h4-7,10H,8-9H2,1-3H3. The van der Waals surface area contributed by atoms with Crippen molar-refractivity contribution in [3.8, 4) is 11.5 Å². The van der Waals surface area contributed by atoms with Gasteiger partial charge < -0.3 is 9.47 Å². The first kappa shape index (κ1) is 13.0. The number of rotatable bonds is 1. The highest BCUT2D eigenvalue weighted by Crippen LogP contribution is 2.43. The van der Waals surface area contributed by atoms with Crippen molar-refractivity contribution in [2.24, 2.45) is 0 Å². The lowest BCUT2D eigenvalue weighted by Crippen LogP contribution is -2.33. The van der Waals surface area contributed by atoms with Gasteiger partial charge in [0.15, 0.2) is 0 Å². The second kappa shape index (κ2) is 4.51. The lowest BCUT2D eigenvalue weighted by atomic mass is 9.91. The highest BCUT2D eigenvalue weighted by molar-refractivity contribution is 5.92. The third-order valence-corrected chi connectivity index (χ3v) is 3.67. The van der Waals surface area contributed by atoms with Crippen LogP contribution in [0.5, 0.6) is 11.5 Å². The van der Waals surface area contributed by atoms with E-state index in [1.54, 1.807) is 0 Å². The highest BCUT2D eigenvalue weighted by atomic mass is 16.5. The molecule has 2 aromatic rings. The number of hydrogen-bond acceptors (Lipinski definition) is 3. The van der Waals surface area contributed by atoms with Gasteiger partial charge >= 0.3 is 5.97 Å². The Hall–Kier alpha value is -2.03. The molecule has 0 aromatic heterocycles. The van der Waals surface area contributed by atoms with Gasteiger partial charge in [0.2, 0.25) is 0 Å². The molecule has 0 bridgehead atoms. The Morgan fingerprint density at radius 1 is 1.30 bits per heavy atom. The van der Waals surface area contributed by atoms with Crippen molar-refractivity contribution in [1.82, 2.24) is 0 Å². The minimum Gasteiger partial charge on any atom is -0.487 e. The smallest absolute Gasteiger partial charge is 0.308 e. The molecule has 1 aliphatic rings. The summed E-state index contributed by atoms with van der Waals surface area (Å²) in [4.78, 5) is 11.3. The molecule has 0 N–H and O–H groups in total. The average Bonchev–Trinajstić information content (AvgIpc) is 2.37. The number of ether oxygens (including phenoxy) is 2. The van der Waals surface area contributed by atoms with Gasteiger partial charge in [-0.15, -0.1) is 0 Å². The minimum atomic E-state index is -0.299. The fourth-order valence-corrected chi connectivity index (χ4v) is 2.69. The van der Waals surface area contributed by atoms with Crippen LogP contribution >= 0.6 is 0 Å². The molecule has 2 aromatic carbocycles. The summed E-state index contributed by atoms with van der Waals surface area (Å²) in [5, 5.41) is 2.10. The van der Waals surface area contributed by atoms with Gasteiger partial charge in [-0.05, 0) is 38.1 Å². The summed E-state index contributed by atoms with van der Waals surface area (Å²) >= 11 is 0. The van der Waals surface area contributed by atoms with Gasteiger partial charge in [-0.1, -0.05) is 24.3 Å². The molecule has 0 saturated heterocycles.